The van der Waals surface area contributed by atoms with Crippen molar-refractivity contribution in [2.24, 2.45) is 0 Å². The normalized spacial score (nSPS) is 26.0. The molecule has 5 nitrogen and oxygen atoms in total. The molecule has 0 radical (unpaired) electrons. The molecule has 158 valence electrons. The molecule has 2 fully saturated rings. The highest BCUT2D eigenvalue weighted by Gasteiger charge is 2.44. The fourth-order valence-corrected chi connectivity index (χ4v) is 5.54. The van der Waals surface area contributed by atoms with Gasteiger partial charge in [-0.25, -0.2) is 4.79 Å². The Morgan fingerprint density at radius 2 is 1.70 bits per heavy atom. The van der Waals surface area contributed by atoms with Gasteiger partial charge in [0.05, 0.1) is 12.1 Å². The second-order valence-corrected chi connectivity index (χ2v) is 15.7. The lowest BCUT2D eigenvalue weighted by Crippen LogP contribution is -2.54. The van der Waals surface area contributed by atoms with Crippen LogP contribution < -0.4 is 0 Å². The monoisotopic (exact) mass is 398 g/mol. The number of piperidine rings is 1. The summed E-state index contributed by atoms with van der Waals surface area (Å²) in [7, 11) is -1.76. The van der Waals surface area contributed by atoms with Crippen LogP contribution in [0.25, 0.3) is 0 Å². The van der Waals surface area contributed by atoms with Crippen molar-refractivity contribution >= 4 is 14.4 Å². The Bertz CT molecular complexity index is 525. The Morgan fingerprint density at radius 1 is 1.07 bits per heavy atom. The fraction of sp³-hybridized carbons (Fsp3) is 0.952. The van der Waals surface area contributed by atoms with E-state index in [1.54, 1.807) is 0 Å². The number of nitrogens with zero attached hydrogens (tertiary/aromatic N) is 2. The second-order valence-electron chi connectivity index (χ2n) is 10.9. The summed E-state index contributed by atoms with van der Waals surface area (Å²) in [6.45, 7) is 22.4. The highest BCUT2D eigenvalue weighted by atomic mass is 28.4. The largest absolute Gasteiger partial charge is 0.444 e. The van der Waals surface area contributed by atoms with Crippen molar-refractivity contribution in [2.75, 3.05) is 19.6 Å². The van der Waals surface area contributed by atoms with Crippen LogP contribution >= 0.6 is 0 Å². The lowest BCUT2D eigenvalue weighted by molar-refractivity contribution is 0.00919. The van der Waals surface area contributed by atoms with E-state index in [1.807, 2.05) is 25.7 Å². The number of carbonyl (C=O) groups excluding carboxylic acids is 1. The van der Waals surface area contributed by atoms with Crippen LogP contribution in [0, 0.1) is 0 Å². The molecule has 2 saturated heterocycles. The second kappa shape index (κ2) is 8.03. The van der Waals surface area contributed by atoms with E-state index in [2.05, 4.69) is 45.7 Å². The summed E-state index contributed by atoms with van der Waals surface area (Å²) >= 11 is 0. The maximum atomic E-state index is 12.6. The molecule has 2 unspecified atom stereocenters. The molecule has 0 N–H and O–H groups in total. The van der Waals surface area contributed by atoms with E-state index < -0.39 is 13.9 Å². The summed E-state index contributed by atoms with van der Waals surface area (Å²) in [4.78, 5) is 17.1. The maximum absolute atomic E-state index is 12.6. The molecule has 2 rings (SSSR count). The summed E-state index contributed by atoms with van der Waals surface area (Å²) in [5.74, 6) is 0. The summed E-state index contributed by atoms with van der Waals surface area (Å²) in [6, 6.07) is 0.727. The van der Waals surface area contributed by atoms with Crippen LogP contribution in [0.15, 0.2) is 0 Å². The number of amides is 1. The van der Waals surface area contributed by atoms with Crippen LogP contribution in [0.2, 0.25) is 18.1 Å². The molecule has 27 heavy (non-hydrogen) atoms. The highest BCUT2D eigenvalue weighted by Crippen LogP contribution is 2.38. The summed E-state index contributed by atoms with van der Waals surface area (Å²) in [5.41, 5.74) is -0.435. The van der Waals surface area contributed by atoms with Gasteiger partial charge in [0.1, 0.15) is 5.60 Å². The Labute approximate surface area is 167 Å². The van der Waals surface area contributed by atoms with E-state index in [-0.39, 0.29) is 23.3 Å². The van der Waals surface area contributed by atoms with Gasteiger partial charge in [0.15, 0.2) is 8.32 Å². The summed E-state index contributed by atoms with van der Waals surface area (Å²) < 4.78 is 12.2. The molecule has 2 aliphatic heterocycles. The van der Waals surface area contributed by atoms with Gasteiger partial charge in [0.2, 0.25) is 0 Å². The number of hydrogen-bond acceptors (Lipinski definition) is 4. The number of fused-ring (bicyclic) bond motifs is 1. The van der Waals surface area contributed by atoms with Gasteiger partial charge in [0.25, 0.3) is 0 Å². The zero-order valence-corrected chi connectivity index (χ0v) is 20.1. The first kappa shape index (κ1) is 22.7. The first-order chi connectivity index (χ1) is 12.2. The molecule has 2 aliphatic rings. The van der Waals surface area contributed by atoms with Crippen LogP contribution in [0.3, 0.4) is 0 Å². The topological polar surface area (TPSA) is 42.0 Å². The number of ether oxygens (including phenoxy) is 1. The van der Waals surface area contributed by atoms with Crippen LogP contribution in [-0.2, 0) is 9.16 Å². The average molecular weight is 399 g/mol. The minimum atomic E-state index is -1.76. The van der Waals surface area contributed by atoms with E-state index in [4.69, 9.17) is 9.16 Å². The van der Waals surface area contributed by atoms with Crippen molar-refractivity contribution < 1.29 is 14.0 Å². The van der Waals surface area contributed by atoms with Gasteiger partial charge in [-0.05, 0) is 71.6 Å². The number of carbonyl (C=O) groups is 1. The van der Waals surface area contributed by atoms with Gasteiger partial charge in [-0.3, -0.25) is 4.90 Å². The first-order valence-electron chi connectivity index (χ1n) is 10.6. The standard InChI is InChI=1S/C21H42N2O3Si/c1-16(26-27(8,9)21(5,6)7)15-22-13-10-11-18-17(22)12-14-23(18)19(24)25-20(2,3)4/h16-18H,10-15H2,1-9H3/t16-,17?,18?/m0/s1. The highest BCUT2D eigenvalue weighted by molar-refractivity contribution is 6.74. The molecule has 0 spiro atoms. The van der Waals surface area contributed by atoms with Crippen molar-refractivity contribution in [3.63, 3.8) is 0 Å². The predicted octanol–water partition coefficient (Wildman–Crippen LogP) is 4.87. The Hall–Kier alpha value is -0.593. The molecule has 0 saturated carbocycles. The molecule has 1 amide bonds. The van der Waals surface area contributed by atoms with Crippen LogP contribution in [0.5, 0.6) is 0 Å². The number of likely N-dealkylation sites (tertiary alicyclic amines) is 2. The van der Waals surface area contributed by atoms with E-state index >= 15 is 0 Å². The number of hydrogen-bond donors (Lipinski definition) is 0. The van der Waals surface area contributed by atoms with Crippen molar-refractivity contribution in [1.82, 2.24) is 9.80 Å². The minimum Gasteiger partial charge on any atom is -0.444 e. The molecule has 2 heterocycles. The van der Waals surface area contributed by atoms with Crippen molar-refractivity contribution in [1.29, 1.82) is 0 Å². The molecule has 0 aromatic rings. The van der Waals surface area contributed by atoms with Crippen molar-refractivity contribution in [2.45, 2.75) is 110 Å². The third kappa shape index (κ3) is 5.70. The van der Waals surface area contributed by atoms with Crippen LogP contribution in [0.4, 0.5) is 4.79 Å². The third-order valence-electron chi connectivity index (χ3n) is 6.35. The molecule has 0 aromatic heterocycles. The van der Waals surface area contributed by atoms with Gasteiger partial charge >= 0.3 is 6.09 Å². The van der Waals surface area contributed by atoms with Gasteiger partial charge < -0.3 is 14.1 Å². The van der Waals surface area contributed by atoms with Gasteiger partial charge in [-0.1, -0.05) is 20.8 Å². The smallest absolute Gasteiger partial charge is 0.410 e. The zero-order chi connectivity index (χ0) is 20.6. The fourth-order valence-electron chi connectivity index (χ4n) is 4.10. The van der Waals surface area contributed by atoms with Crippen LogP contribution in [0.1, 0.15) is 67.7 Å². The summed E-state index contributed by atoms with van der Waals surface area (Å²) in [5, 5.41) is 0.229. The number of rotatable bonds is 4. The van der Waals surface area contributed by atoms with Gasteiger partial charge in [-0.15, -0.1) is 0 Å². The van der Waals surface area contributed by atoms with Gasteiger partial charge in [0, 0.05) is 19.1 Å². The van der Waals surface area contributed by atoms with Crippen molar-refractivity contribution in [3.05, 3.63) is 0 Å². The van der Waals surface area contributed by atoms with E-state index in [9.17, 15) is 4.79 Å². The molecule has 0 bridgehead atoms. The molecule has 0 aromatic carbocycles. The maximum Gasteiger partial charge on any atom is 0.410 e. The predicted molar refractivity (Wildman–Crippen MR) is 114 cm³/mol. The SMILES string of the molecule is C[C@@H](CN1CCCC2C1CCN2C(=O)OC(C)(C)C)O[Si](C)(C)C(C)(C)C. The van der Waals surface area contributed by atoms with E-state index in [0.29, 0.717) is 6.04 Å². The molecule has 6 heteroatoms. The Balaban J connectivity index is 1.98. The third-order valence-corrected chi connectivity index (χ3v) is 11.0. The first-order valence-corrected chi connectivity index (χ1v) is 13.5. The lowest BCUT2D eigenvalue weighted by atomic mass is 9.96. The van der Waals surface area contributed by atoms with E-state index in [1.165, 1.54) is 0 Å². The van der Waals surface area contributed by atoms with Crippen LogP contribution in [-0.4, -0.2) is 67.6 Å². The molecular weight excluding hydrogens is 356 g/mol. The zero-order valence-electron chi connectivity index (χ0n) is 19.1. The Morgan fingerprint density at radius 3 is 2.26 bits per heavy atom. The van der Waals surface area contributed by atoms with Gasteiger partial charge in [-0.2, -0.15) is 0 Å². The molecule has 3 atom stereocenters. The average Bonchev–Trinajstić information content (AvgIpc) is 2.88. The lowest BCUT2D eigenvalue weighted by Gasteiger charge is -2.43. The Kier molecular flexibility index (Phi) is 6.75. The quantitative estimate of drug-likeness (QED) is 0.634. The van der Waals surface area contributed by atoms with E-state index in [0.717, 1.165) is 38.9 Å². The molecule has 0 aliphatic carbocycles. The minimum absolute atomic E-state index is 0.151. The van der Waals surface area contributed by atoms with Crippen molar-refractivity contribution in [3.8, 4) is 0 Å². The summed E-state index contributed by atoms with van der Waals surface area (Å²) in [6.07, 6.45) is 3.32. The molecular formula is C21H42N2O3Si.